The summed E-state index contributed by atoms with van der Waals surface area (Å²) < 4.78 is 5.60. The van der Waals surface area contributed by atoms with Crippen LogP contribution in [0.3, 0.4) is 0 Å². The highest BCUT2D eigenvalue weighted by Gasteiger charge is 2.29. The van der Waals surface area contributed by atoms with Crippen LogP contribution < -0.4 is 4.74 Å². The third-order valence-corrected chi connectivity index (χ3v) is 7.83. The smallest absolute Gasteiger partial charge is 0.236 e. The van der Waals surface area contributed by atoms with E-state index in [1.54, 1.807) is 7.11 Å². The summed E-state index contributed by atoms with van der Waals surface area (Å²) in [6.45, 7) is 8.32. The zero-order valence-electron chi connectivity index (χ0n) is 20.2. The van der Waals surface area contributed by atoms with Crippen molar-refractivity contribution in [3.63, 3.8) is 0 Å². The van der Waals surface area contributed by atoms with Crippen LogP contribution in [-0.4, -0.2) is 73.0 Å². The molecule has 2 aliphatic heterocycles. The first-order chi connectivity index (χ1) is 16.1. The van der Waals surface area contributed by atoms with Gasteiger partial charge in [-0.25, -0.2) is 0 Å². The van der Waals surface area contributed by atoms with Crippen LogP contribution in [0.5, 0.6) is 5.75 Å². The number of hydrogen-bond donors (Lipinski definition) is 0. The largest absolute Gasteiger partial charge is 0.496 e. The molecule has 5 heteroatoms. The Balaban J connectivity index is 1.19. The van der Waals surface area contributed by atoms with Crippen molar-refractivity contribution in [2.24, 2.45) is 0 Å². The van der Waals surface area contributed by atoms with Gasteiger partial charge in [-0.2, -0.15) is 0 Å². The van der Waals surface area contributed by atoms with Gasteiger partial charge in [0, 0.05) is 50.9 Å². The van der Waals surface area contributed by atoms with Gasteiger partial charge < -0.3 is 9.64 Å². The first-order valence-electron chi connectivity index (χ1n) is 12.6. The van der Waals surface area contributed by atoms with E-state index in [1.165, 1.54) is 47.9 Å². The fraction of sp³-hybridized carbons (Fsp3) is 0.536. The van der Waals surface area contributed by atoms with Crippen molar-refractivity contribution in [1.29, 1.82) is 0 Å². The molecule has 0 unspecified atom stereocenters. The monoisotopic (exact) mass is 447 g/mol. The minimum Gasteiger partial charge on any atom is -0.496 e. The van der Waals surface area contributed by atoms with Gasteiger partial charge in [0.25, 0.3) is 0 Å². The van der Waals surface area contributed by atoms with Crippen molar-refractivity contribution in [3.05, 3.63) is 53.1 Å². The molecule has 1 saturated carbocycles. The summed E-state index contributed by atoms with van der Waals surface area (Å²) in [5, 5.41) is 0. The highest BCUT2D eigenvalue weighted by atomic mass is 16.5. The van der Waals surface area contributed by atoms with Crippen LogP contribution in [0.4, 0.5) is 0 Å². The van der Waals surface area contributed by atoms with Crippen molar-refractivity contribution < 1.29 is 9.53 Å². The van der Waals surface area contributed by atoms with Crippen LogP contribution in [0.25, 0.3) is 11.1 Å². The number of carbonyl (C=O) groups excluding carboxylic acids is 1. The van der Waals surface area contributed by atoms with Gasteiger partial charge in [-0.15, -0.1) is 0 Å². The van der Waals surface area contributed by atoms with E-state index in [0.29, 0.717) is 12.5 Å². The molecule has 0 bridgehead atoms. The van der Waals surface area contributed by atoms with E-state index in [1.807, 2.05) is 6.07 Å². The van der Waals surface area contributed by atoms with E-state index in [4.69, 9.17) is 4.74 Å². The number of carbonyl (C=O) groups is 1. The SMILES string of the molecule is COc1ccc(C)cc1-c1ccc2c(c1)CCN(CC(=O)N1CCN(C3CCCC3)CC1)C2. The molecule has 2 aromatic rings. The van der Waals surface area contributed by atoms with Gasteiger partial charge in [-0.05, 0) is 55.0 Å². The summed E-state index contributed by atoms with van der Waals surface area (Å²) in [5.41, 5.74) is 6.33. The minimum absolute atomic E-state index is 0.297. The van der Waals surface area contributed by atoms with Crippen LogP contribution in [-0.2, 0) is 17.8 Å². The second kappa shape index (κ2) is 9.86. The van der Waals surface area contributed by atoms with Crippen molar-refractivity contribution in [2.45, 2.75) is 51.6 Å². The molecule has 0 N–H and O–H groups in total. The van der Waals surface area contributed by atoms with Crippen molar-refractivity contribution in [1.82, 2.24) is 14.7 Å². The molecule has 2 fully saturated rings. The summed E-state index contributed by atoms with van der Waals surface area (Å²) in [7, 11) is 1.73. The molecule has 0 aromatic heterocycles. The average Bonchev–Trinajstić information content (AvgIpc) is 3.39. The quantitative estimate of drug-likeness (QED) is 0.691. The first-order valence-corrected chi connectivity index (χ1v) is 12.6. The number of nitrogens with zero attached hydrogens (tertiary/aromatic N) is 3. The van der Waals surface area contributed by atoms with Crippen LogP contribution in [0.15, 0.2) is 36.4 Å². The van der Waals surface area contributed by atoms with Crippen molar-refractivity contribution in [2.75, 3.05) is 46.4 Å². The third kappa shape index (κ3) is 4.95. The lowest BCUT2D eigenvalue weighted by atomic mass is 9.93. The van der Waals surface area contributed by atoms with Gasteiger partial charge in [0.05, 0.1) is 13.7 Å². The lowest BCUT2D eigenvalue weighted by molar-refractivity contribution is -0.134. The maximum Gasteiger partial charge on any atom is 0.236 e. The summed E-state index contributed by atoms with van der Waals surface area (Å²) in [6, 6.07) is 13.8. The normalized spacial score (nSPS) is 20.1. The molecule has 33 heavy (non-hydrogen) atoms. The fourth-order valence-corrected chi connectivity index (χ4v) is 5.86. The molecule has 1 amide bonds. The van der Waals surface area contributed by atoms with Crippen molar-refractivity contribution in [3.8, 4) is 16.9 Å². The Hall–Kier alpha value is -2.37. The number of amides is 1. The van der Waals surface area contributed by atoms with E-state index in [0.717, 1.165) is 63.0 Å². The number of rotatable bonds is 5. The Kier molecular flexibility index (Phi) is 6.70. The maximum absolute atomic E-state index is 13.0. The molecule has 2 aromatic carbocycles. The van der Waals surface area contributed by atoms with Crippen LogP contribution in [0.1, 0.15) is 42.4 Å². The lowest BCUT2D eigenvalue weighted by Crippen LogP contribution is -2.53. The molecule has 0 spiro atoms. The average molecular weight is 448 g/mol. The maximum atomic E-state index is 13.0. The van der Waals surface area contributed by atoms with Crippen LogP contribution in [0.2, 0.25) is 0 Å². The molecule has 0 atom stereocenters. The summed E-state index contributed by atoms with van der Waals surface area (Å²) >= 11 is 0. The second-order valence-corrected chi connectivity index (χ2v) is 10.0. The molecule has 1 aliphatic carbocycles. The van der Waals surface area contributed by atoms with E-state index in [9.17, 15) is 4.79 Å². The predicted octanol–water partition coefficient (Wildman–Crippen LogP) is 4.12. The first kappa shape index (κ1) is 22.4. The lowest BCUT2D eigenvalue weighted by Gasteiger charge is -2.39. The topological polar surface area (TPSA) is 36.0 Å². The molecule has 176 valence electrons. The molecular formula is C28H37N3O2. The van der Waals surface area contributed by atoms with Gasteiger partial charge in [-0.3, -0.25) is 14.6 Å². The number of aryl methyl sites for hydroxylation is 1. The zero-order chi connectivity index (χ0) is 22.8. The Morgan fingerprint density at radius 2 is 1.76 bits per heavy atom. The number of piperazine rings is 1. The van der Waals surface area contributed by atoms with E-state index < -0.39 is 0 Å². The molecule has 5 rings (SSSR count). The third-order valence-electron chi connectivity index (χ3n) is 7.83. The highest BCUT2D eigenvalue weighted by Crippen LogP contribution is 2.33. The van der Waals surface area contributed by atoms with Gasteiger partial charge in [0.2, 0.25) is 5.91 Å². The Morgan fingerprint density at radius 3 is 2.52 bits per heavy atom. The summed E-state index contributed by atoms with van der Waals surface area (Å²) in [5.74, 6) is 1.21. The van der Waals surface area contributed by atoms with Gasteiger partial charge >= 0.3 is 0 Å². The van der Waals surface area contributed by atoms with E-state index in [2.05, 4.69) is 52.0 Å². The Bertz CT molecular complexity index is 991. The Morgan fingerprint density at radius 1 is 0.970 bits per heavy atom. The molecule has 2 heterocycles. The fourth-order valence-electron chi connectivity index (χ4n) is 5.86. The number of benzene rings is 2. The molecule has 1 saturated heterocycles. The van der Waals surface area contributed by atoms with E-state index in [-0.39, 0.29) is 0 Å². The molecule has 3 aliphatic rings. The van der Waals surface area contributed by atoms with Crippen LogP contribution >= 0.6 is 0 Å². The number of hydrogen-bond acceptors (Lipinski definition) is 4. The summed E-state index contributed by atoms with van der Waals surface area (Å²) in [4.78, 5) is 20.0. The molecule has 5 nitrogen and oxygen atoms in total. The number of ether oxygens (including phenoxy) is 1. The zero-order valence-corrected chi connectivity index (χ0v) is 20.2. The van der Waals surface area contributed by atoms with Gasteiger partial charge in [0.1, 0.15) is 5.75 Å². The van der Waals surface area contributed by atoms with Gasteiger partial charge in [-0.1, -0.05) is 42.7 Å². The minimum atomic E-state index is 0.297. The standard InChI is InChI=1S/C28H37N3O2/c1-21-7-10-27(33-2)26(17-21)23-8-9-24-19-29(12-11-22(24)18-23)20-28(32)31-15-13-30(14-16-31)25-5-3-4-6-25/h7-10,17-18,25H,3-6,11-16,19-20H2,1-2H3. The highest BCUT2D eigenvalue weighted by molar-refractivity contribution is 5.78. The second-order valence-electron chi connectivity index (χ2n) is 10.0. The predicted molar refractivity (Wildman–Crippen MR) is 133 cm³/mol. The molecule has 0 radical (unpaired) electrons. The Labute approximate surface area is 198 Å². The van der Waals surface area contributed by atoms with Gasteiger partial charge in [0.15, 0.2) is 0 Å². The number of methoxy groups -OCH3 is 1. The number of fused-ring (bicyclic) bond motifs is 1. The van der Waals surface area contributed by atoms with E-state index >= 15 is 0 Å². The summed E-state index contributed by atoms with van der Waals surface area (Å²) in [6.07, 6.45) is 6.43. The van der Waals surface area contributed by atoms with Crippen molar-refractivity contribution >= 4 is 5.91 Å². The molecular weight excluding hydrogens is 410 g/mol. The van der Waals surface area contributed by atoms with Crippen LogP contribution in [0, 0.1) is 6.92 Å².